The van der Waals surface area contributed by atoms with Crippen molar-refractivity contribution in [1.29, 1.82) is 0 Å². The van der Waals surface area contributed by atoms with Crippen molar-refractivity contribution in [3.63, 3.8) is 0 Å². The van der Waals surface area contributed by atoms with E-state index in [9.17, 15) is 0 Å². The Morgan fingerprint density at radius 2 is 1.78 bits per heavy atom. The number of aromatic nitrogens is 2. The molecule has 4 aromatic rings. The van der Waals surface area contributed by atoms with Gasteiger partial charge in [-0.1, -0.05) is 11.3 Å². The summed E-state index contributed by atoms with van der Waals surface area (Å²) in [5, 5.41) is 5.28. The minimum atomic E-state index is 0.283. The zero-order chi connectivity index (χ0) is 15.4. The van der Waals surface area contributed by atoms with E-state index < -0.39 is 0 Å². The zero-order valence-corrected chi connectivity index (χ0v) is 13.8. The van der Waals surface area contributed by atoms with E-state index in [1.165, 1.54) is 4.70 Å². The van der Waals surface area contributed by atoms with Gasteiger partial charge in [0.05, 0.1) is 25.4 Å². The van der Waals surface area contributed by atoms with E-state index >= 15 is 0 Å². The molecular weight excluding hydrogens is 330 g/mol. The Morgan fingerprint density at radius 3 is 2.70 bits per heavy atom. The molecule has 0 saturated carbocycles. The molecule has 5 rings (SSSR count). The van der Waals surface area contributed by atoms with Crippen LogP contribution in [0.1, 0.15) is 5.01 Å². The van der Waals surface area contributed by atoms with Crippen LogP contribution in [0.3, 0.4) is 0 Å². The van der Waals surface area contributed by atoms with Gasteiger partial charge in [0.15, 0.2) is 16.6 Å². The van der Waals surface area contributed by atoms with Crippen molar-refractivity contribution in [3.8, 4) is 11.5 Å². The molecule has 0 bridgehead atoms. The topological polar surface area (TPSA) is 56.3 Å². The lowest BCUT2D eigenvalue weighted by atomic mass is 10.3. The zero-order valence-electron chi connectivity index (χ0n) is 12.1. The second-order valence-electron chi connectivity index (χ2n) is 5.23. The van der Waals surface area contributed by atoms with E-state index in [-0.39, 0.29) is 6.79 Å². The van der Waals surface area contributed by atoms with Gasteiger partial charge >= 0.3 is 0 Å². The molecule has 0 spiro atoms. The molecule has 0 unspecified atom stereocenters. The Kier molecular flexibility index (Phi) is 2.74. The van der Waals surface area contributed by atoms with Crippen LogP contribution >= 0.6 is 22.7 Å². The molecule has 0 atom stereocenters. The highest BCUT2D eigenvalue weighted by molar-refractivity contribution is 7.22. The van der Waals surface area contributed by atoms with Crippen LogP contribution in [-0.4, -0.2) is 16.8 Å². The van der Waals surface area contributed by atoms with Gasteiger partial charge in [-0.05, 0) is 25.1 Å². The fourth-order valence-electron chi connectivity index (χ4n) is 2.62. The lowest BCUT2D eigenvalue weighted by Crippen LogP contribution is -1.92. The van der Waals surface area contributed by atoms with Crippen molar-refractivity contribution in [2.75, 3.05) is 12.1 Å². The Bertz CT molecular complexity index is 1010. The quantitative estimate of drug-likeness (QED) is 0.573. The maximum Gasteiger partial charge on any atom is 0.231 e. The van der Waals surface area contributed by atoms with Gasteiger partial charge in [-0.3, -0.25) is 0 Å². The van der Waals surface area contributed by atoms with Crippen LogP contribution < -0.4 is 14.8 Å². The first-order valence-electron chi connectivity index (χ1n) is 7.09. The van der Waals surface area contributed by atoms with Crippen molar-refractivity contribution >= 4 is 53.9 Å². The molecule has 7 heteroatoms. The van der Waals surface area contributed by atoms with Gasteiger partial charge in [0.2, 0.25) is 6.79 Å². The Labute approximate surface area is 139 Å². The van der Waals surface area contributed by atoms with Gasteiger partial charge in [-0.25, -0.2) is 9.97 Å². The molecule has 1 N–H and O–H groups in total. The first-order valence-corrected chi connectivity index (χ1v) is 8.72. The molecule has 5 nitrogen and oxygen atoms in total. The lowest BCUT2D eigenvalue weighted by Gasteiger charge is -2.01. The third-order valence-corrected chi connectivity index (χ3v) is 5.51. The van der Waals surface area contributed by atoms with Crippen LogP contribution in [0, 0.1) is 6.92 Å². The second-order valence-corrected chi connectivity index (χ2v) is 7.50. The van der Waals surface area contributed by atoms with Crippen LogP contribution in [0.5, 0.6) is 11.5 Å². The number of nitrogens with one attached hydrogen (secondary N) is 1. The predicted octanol–water partition coefficient (Wildman–Crippen LogP) is 4.69. The SMILES string of the molecule is Cc1nc2cc(Nc3nc4cc5c(cc4s3)OCO5)ccc2s1. The minimum Gasteiger partial charge on any atom is -0.454 e. The summed E-state index contributed by atoms with van der Waals surface area (Å²) in [7, 11) is 0. The second kappa shape index (κ2) is 4.81. The molecule has 2 aromatic carbocycles. The van der Waals surface area contributed by atoms with Gasteiger partial charge in [-0.2, -0.15) is 0 Å². The van der Waals surface area contributed by atoms with Crippen LogP contribution in [0.4, 0.5) is 10.8 Å². The molecule has 0 amide bonds. The average molecular weight is 341 g/mol. The molecule has 3 heterocycles. The molecular formula is C16H11N3O2S2. The largest absolute Gasteiger partial charge is 0.454 e. The summed E-state index contributed by atoms with van der Waals surface area (Å²) in [6.45, 7) is 2.31. The number of nitrogens with zero attached hydrogens (tertiary/aromatic N) is 2. The number of ether oxygens (including phenoxy) is 2. The van der Waals surface area contributed by atoms with Crippen molar-refractivity contribution in [1.82, 2.24) is 9.97 Å². The Hall–Kier alpha value is -2.38. The van der Waals surface area contributed by atoms with Gasteiger partial charge in [0.1, 0.15) is 0 Å². The number of anilines is 2. The van der Waals surface area contributed by atoms with Crippen LogP contribution in [0.15, 0.2) is 30.3 Å². The number of benzene rings is 2. The lowest BCUT2D eigenvalue weighted by molar-refractivity contribution is 0.174. The van der Waals surface area contributed by atoms with E-state index in [1.807, 2.05) is 19.1 Å². The normalized spacial score (nSPS) is 13.1. The van der Waals surface area contributed by atoms with Crippen LogP contribution in [-0.2, 0) is 0 Å². The highest BCUT2D eigenvalue weighted by atomic mass is 32.1. The highest BCUT2D eigenvalue weighted by Crippen LogP contribution is 2.39. The van der Waals surface area contributed by atoms with Crippen molar-refractivity contribution in [3.05, 3.63) is 35.3 Å². The van der Waals surface area contributed by atoms with Gasteiger partial charge in [-0.15, -0.1) is 11.3 Å². The number of hydrogen-bond donors (Lipinski definition) is 1. The molecule has 23 heavy (non-hydrogen) atoms. The predicted molar refractivity (Wildman–Crippen MR) is 93.4 cm³/mol. The summed E-state index contributed by atoms with van der Waals surface area (Å²) >= 11 is 3.30. The van der Waals surface area contributed by atoms with Crippen molar-refractivity contribution < 1.29 is 9.47 Å². The maximum atomic E-state index is 5.41. The Morgan fingerprint density at radius 1 is 0.957 bits per heavy atom. The van der Waals surface area contributed by atoms with E-state index in [1.54, 1.807) is 22.7 Å². The fraction of sp³-hybridized carbons (Fsp3) is 0.125. The van der Waals surface area contributed by atoms with Crippen molar-refractivity contribution in [2.45, 2.75) is 6.92 Å². The number of fused-ring (bicyclic) bond motifs is 3. The van der Waals surface area contributed by atoms with Gasteiger partial charge < -0.3 is 14.8 Å². The monoisotopic (exact) mass is 341 g/mol. The third-order valence-electron chi connectivity index (χ3n) is 3.63. The van der Waals surface area contributed by atoms with Crippen molar-refractivity contribution in [2.24, 2.45) is 0 Å². The molecule has 0 radical (unpaired) electrons. The van der Waals surface area contributed by atoms with Gasteiger partial charge in [0, 0.05) is 17.8 Å². The molecule has 1 aliphatic rings. The summed E-state index contributed by atoms with van der Waals surface area (Å²) in [5.41, 5.74) is 2.91. The highest BCUT2D eigenvalue weighted by Gasteiger charge is 2.16. The number of rotatable bonds is 2. The summed E-state index contributed by atoms with van der Waals surface area (Å²) < 4.78 is 13.1. The summed E-state index contributed by atoms with van der Waals surface area (Å²) in [5.74, 6) is 1.54. The minimum absolute atomic E-state index is 0.283. The van der Waals surface area contributed by atoms with E-state index in [0.29, 0.717) is 0 Å². The number of thiazole rings is 2. The molecule has 114 valence electrons. The van der Waals surface area contributed by atoms with Gasteiger partial charge in [0.25, 0.3) is 0 Å². The van der Waals surface area contributed by atoms with E-state index in [0.717, 1.165) is 43.1 Å². The third kappa shape index (κ3) is 2.20. The smallest absolute Gasteiger partial charge is 0.231 e. The van der Waals surface area contributed by atoms with E-state index in [2.05, 4.69) is 33.5 Å². The number of aryl methyl sites for hydroxylation is 1. The molecule has 2 aromatic heterocycles. The van der Waals surface area contributed by atoms with Crippen LogP contribution in [0.25, 0.3) is 20.4 Å². The molecule has 1 aliphatic heterocycles. The maximum absolute atomic E-state index is 5.41. The fourth-order valence-corrected chi connectivity index (χ4v) is 4.32. The summed E-state index contributed by atoms with van der Waals surface area (Å²) in [6, 6.07) is 10.1. The Balaban J connectivity index is 1.52. The first-order chi connectivity index (χ1) is 11.2. The first kappa shape index (κ1) is 13.1. The molecule has 0 saturated heterocycles. The van der Waals surface area contributed by atoms with Crippen LogP contribution in [0.2, 0.25) is 0 Å². The molecule has 0 aliphatic carbocycles. The standard InChI is InChI=1S/C16H11N3O2S2/c1-8-17-10-4-9(2-3-14(10)22-8)18-16-19-11-5-12-13(21-7-20-12)6-15(11)23-16/h2-6H,7H2,1H3,(H,18,19). The summed E-state index contributed by atoms with van der Waals surface area (Å²) in [4.78, 5) is 9.15. The number of hydrogen-bond acceptors (Lipinski definition) is 7. The summed E-state index contributed by atoms with van der Waals surface area (Å²) in [6.07, 6.45) is 0. The molecule has 0 fully saturated rings. The van der Waals surface area contributed by atoms with E-state index in [4.69, 9.17) is 9.47 Å². The average Bonchev–Trinajstić information content (AvgIpc) is 3.20.